The highest BCUT2D eigenvalue weighted by Crippen LogP contribution is 2.36. The number of hydrogen-bond acceptors (Lipinski definition) is 3. The van der Waals surface area contributed by atoms with Crippen molar-refractivity contribution in [3.8, 4) is 0 Å². The topological polar surface area (TPSA) is 69.6 Å². The highest BCUT2D eigenvalue weighted by atomic mass is 35.5. The van der Waals surface area contributed by atoms with Gasteiger partial charge in [0.25, 0.3) is 0 Å². The van der Waals surface area contributed by atoms with E-state index in [1.54, 1.807) is 24.3 Å². The molecule has 3 rings (SSSR count). The van der Waals surface area contributed by atoms with Gasteiger partial charge in [0, 0.05) is 30.3 Å². The molecule has 0 spiro atoms. The van der Waals surface area contributed by atoms with Crippen LogP contribution in [0.4, 0.5) is 5.69 Å². The van der Waals surface area contributed by atoms with Gasteiger partial charge in [-0.1, -0.05) is 29.8 Å². The van der Waals surface area contributed by atoms with Crippen LogP contribution < -0.4 is 10.2 Å². The first-order valence-corrected chi connectivity index (χ1v) is 10.0. The fourth-order valence-corrected chi connectivity index (χ4v) is 3.90. The Labute approximate surface area is 170 Å². The van der Waals surface area contributed by atoms with Crippen molar-refractivity contribution in [2.75, 3.05) is 24.5 Å². The van der Waals surface area contributed by atoms with Crippen molar-refractivity contribution in [1.82, 2.24) is 5.32 Å². The first kappa shape index (κ1) is 20.2. The van der Waals surface area contributed by atoms with E-state index in [9.17, 15) is 9.59 Å². The number of piperidine rings is 1. The Kier molecular flexibility index (Phi) is 6.57. The maximum Gasteiger partial charge on any atom is 0.335 e. The molecular weight excluding hydrogens is 376 g/mol. The number of benzene rings is 2. The summed E-state index contributed by atoms with van der Waals surface area (Å²) < 4.78 is 0. The number of rotatable bonds is 6. The second-order valence-electron chi connectivity index (χ2n) is 7.01. The van der Waals surface area contributed by atoms with Gasteiger partial charge in [-0.3, -0.25) is 4.79 Å². The minimum Gasteiger partial charge on any atom is -0.478 e. The molecule has 1 amide bonds. The number of halogens is 1. The number of hydrogen-bond donors (Lipinski definition) is 2. The van der Waals surface area contributed by atoms with Crippen LogP contribution in [0.1, 0.15) is 53.6 Å². The molecule has 0 bridgehead atoms. The fraction of sp³-hybridized carbons (Fsp3) is 0.364. The molecule has 1 heterocycles. The number of carboxylic acid groups (broad SMARTS) is 1. The van der Waals surface area contributed by atoms with Crippen molar-refractivity contribution in [2.45, 2.75) is 32.1 Å². The van der Waals surface area contributed by atoms with Gasteiger partial charge in [0.1, 0.15) is 0 Å². The molecule has 0 radical (unpaired) electrons. The second kappa shape index (κ2) is 9.11. The van der Waals surface area contributed by atoms with Crippen molar-refractivity contribution in [1.29, 1.82) is 0 Å². The van der Waals surface area contributed by atoms with Crippen molar-refractivity contribution >= 4 is 29.2 Å². The van der Waals surface area contributed by atoms with E-state index in [-0.39, 0.29) is 11.5 Å². The maximum absolute atomic E-state index is 13.0. The summed E-state index contributed by atoms with van der Waals surface area (Å²) in [7, 11) is 0. The smallest absolute Gasteiger partial charge is 0.335 e. The summed E-state index contributed by atoms with van der Waals surface area (Å²) in [6.07, 6.45) is 3.44. The lowest BCUT2D eigenvalue weighted by atomic mass is 9.88. The Hall–Kier alpha value is -2.53. The zero-order chi connectivity index (χ0) is 20.1. The monoisotopic (exact) mass is 400 g/mol. The van der Waals surface area contributed by atoms with Crippen molar-refractivity contribution < 1.29 is 14.7 Å². The van der Waals surface area contributed by atoms with E-state index in [4.69, 9.17) is 16.7 Å². The summed E-state index contributed by atoms with van der Waals surface area (Å²) in [6, 6.07) is 12.2. The van der Waals surface area contributed by atoms with Crippen molar-refractivity contribution in [2.24, 2.45) is 0 Å². The number of carboxylic acids is 1. The van der Waals surface area contributed by atoms with Crippen LogP contribution in [0.2, 0.25) is 5.02 Å². The van der Waals surface area contributed by atoms with Gasteiger partial charge in [0.05, 0.1) is 11.5 Å². The van der Waals surface area contributed by atoms with E-state index in [1.807, 2.05) is 25.1 Å². The van der Waals surface area contributed by atoms with E-state index in [0.717, 1.165) is 42.7 Å². The van der Waals surface area contributed by atoms with Crippen LogP contribution in [-0.2, 0) is 4.79 Å². The number of amides is 1. The molecule has 1 saturated heterocycles. The number of anilines is 1. The van der Waals surface area contributed by atoms with Crippen LogP contribution in [0.25, 0.3) is 0 Å². The number of nitrogens with one attached hydrogen (secondary N) is 1. The first-order valence-electron chi connectivity index (χ1n) is 9.66. The summed E-state index contributed by atoms with van der Waals surface area (Å²) in [5, 5.41) is 12.7. The summed E-state index contributed by atoms with van der Waals surface area (Å²) in [6.45, 7) is 4.28. The molecule has 28 heavy (non-hydrogen) atoms. The van der Waals surface area contributed by atoms with Gasteiger partial charge in [0.2, 0.25) is 5.91 Å². The Bertz CT molecular complexity index is 845. The molecule has 148 valence electrons. The highest BCUT2D eigenvalue weighted by molar-refractivity contribution is 6.30. The van der Waals surface area contributed by atoms with E-state index in [1.165, 1.54) is 6.42 Å². The van der Waals surface area contributed by atoms with Gasteiger partial charge in [-0.2, -0.15) is 0 Å². The van der Waals surface area contributed by atoms with Crippen LogP contribution in [-0.4, -0.2) is 36.6 Å². The lowest BCUT2D eigenvalue weighted by molar-refractivity contribution is -0.121. The van der Waals surface area contributed by atoms with Gasteiger partial charge in [-0.25, -0.2) is 4.79 Å². The lowest BCUT2D eigenvalue weighted by Crippen LogP contribution is -2.34. The average Bonchev–Trinajstić information content (AvgIpc) is 2.70. The number of nitrogens with zero attached hydrogens (tertiary/aromatic N) is 1. The van der Waals surface area contributed by atoms with Crippen LogP contribution in [0.3, 0.4) is 0 Å². The molecule has 2 aromatic rings. The second-order valence-corrected chi connectivity index (χ2v) is 7.44. The third-order valence-corrected chi connectivity index (χ3v) is 5.34. The minimum atomic E-state index is -0.985. The molecule has 1 aliphatic rings. The predicted molar refractivity (Wildman–Crippen MR) is 111 cm³/mol. The van der Waals surface area contributed by atoms with Gasteiger partial charge >= 0.3 is 5.97 Å². The summed E-state index contributed by atoms with van der Waals surface area (Å²) in [5.41, 5.74) is 2.83. The Morgan fingerprint density at radius 1 is 1.11 bits per heavy atom. The summed E-state index contributed by atoms with van der Waals surface area (Å²) in [5.74, 6) is -1.62. The van der Waals surface area contributed by atoms with Crippen LogP contribution in [0.5, 0.6) is 0 Å². The fourth-order valence-electron chi connectivity index (χ4n) is 3.74. The molecular formula is C22H25ClN2O3. The average molecular weight is 401 g/mol. The van der Waals surface area contributed by atoms with E-state index in [2.05, 4.69) is 10.2 Å². The number of aromatic carboxylic acids is 1. The molecule has 1 aliphatic heterocycles. The van der Waals surface area contributed by atoms with Crippen LogP contribution >= 0.6 is 11.6 Å². The van der Waals surface area contributed by atoms with Crippen molar-refractivity contribution in [3.63, 3.8) is 0 Å². The predicted octanol–water partition coefficient (Wildman–Crippen LogP) is 4.30. The molecule has 0 aromatic heterocycles. The Balaban J connectivity index is 2.07. The Morgan fingerprint density at radius 3 is 2.39 bits per heavy atom. The molecule has 1 unspecified atom stereocenters. The van der Waals surface area contributed by atoms with Crippen molar-refractivity contribution in [3.05, 3.63) is 64.2 Å². The lowest BCUT2D eigenvalue weighted by Gasteiger charge is -2.32. The van der Waals surface area contributed by atoms with E-state index < -0.39 is 11.9 Å². The quantitative estimate of drug-likeness (QED) is 0.758. The van der Waals surface area contributed by atoms with Gasteiger partial charge < -0.3 is 15.3 Å². The van der Waals surface area contributed by atoms with Crippen LogP contribution in [0.15, 0.2) is 42.5 Å². The van der Waals surface area contributed by atoms with Gasteiger partial charge in [0.15, 0.2) is 0 Å². The highest BCUT2D eigenvalue weighted by Gasteiger charge is 2.27. The molecule has 1 atom stereocenters. The Morgan fingerprint density at radius 2 is 1.79 bits per heavy atom. The molecule has 2 aromatic carbocycles. The zero-order valence-corrected chi connectivity index (χ0v) is 16.7. The first-order chi connectivity index (χ1) is 13.5. The zero-order valence-electron chi connectivity index (χ0n) is 16.0. The maximum atomic E-state index is 13.0. The molecule has 5 nitrogen and oxygen atoms in total. The SMILES string of the molecule is CCNC(=O)C(c1ccc(C(=O)O)cc1)c1ccc(Cl)cc1N1CCCCC1. The molecule has 1 fully saturated rings. The summed E-state index contributed by atoms with van der Waals surface area (Å²) in [4.78, 5) is 26.5. The molecule has 6 heteroatoms. The molecule has 2 N–H and O–H groups in total. The third-order valence-electron chi connectivity index (χ3n) is 5.10. The summed E-state index contributed by atoms with van der Waals surface area (Å²) >= 11 is 6.29. The normalized spacial score (nSPS) is 15.1. The number of carbonyl (C=O) groups excluding carboxylic acids is 1. The van der Waals surface area contributed by atoms with Crippen LogP contribution in [0, 0.1) is 0 Å². The largest absolute Gasteiger partial charge is 0.478 e. The van der Waals surface area contributed by atoms with Gasteiger partial charge in [-0.15, -0.1) is 0 Å². The minimum absolute atomic E-state index is 0.105. The standard InChI is InChI=1S/C22H25ClN2O3/c1-2-24-21(26)20(15-6-8-16(9-7-15)22(27)28)18-11-10-17(23)14-19(18)25-12-4-3-5-13-25/h6-11,14,20H,2-5,12-13H2,1H3,(H,24,26)(H,27,28). The third kappa shape index (κ3) is 4.47. The van der Waals surface area contributed by atoms with E-state index >= 15 is 0 Å². The van der Waals surface area contributed by atoms with E-state index in [0.29, 0.717) is 11.6 Å². The molecule has 0 saturated carbocycles. The van der Waals surface area contributed by atoms with Gasteiger partial charge in [-0.05, 0) is 61.6 Å². The number of likely N-dealkylation sites (N-methyl/N-ethyl adjacent to an activating group) is 1. The number of carbonyl (C=O) groups is 2. The molecule has 0 aliphatic carbocycles.